The molecule has 5 nitrogen and oxygen atoms in total. The van der Waals surface area contributed by atoms with Gasteiger partial charge in [0.05, 0.1) is 19.3 Å². The molecule has 6 heteroatoms. The monoisotopic (exact) mass is 413 g/mol. The van der Waals surface area contributed by atoms with Crippen molar-refractivity contribution in [3.05, 3.63) is 0 Å². The van der Waals surface area contributed by atoms with Gasteiger partial charge in [0.1, 0.15) is 0 Å². The highest BCUT2D eigenvalue weighted by Crippen LogP contribution is 2.36. The third kappa shape index (κ3) is 7.65. The van der Waals surface area contributed by atoms with Gasteiger partial charge in [0.15, 0.2) is 5.96 Å². The van der Waals surface area contributed by atoms with Crippen molar-refractivity contribution in [3.63, 3.8) is 0 Å². The molecule has 1 fully saturated rings. The maximum atomic E-state index is 10.2. The summed E-state index contributed by atoms with van der Waals surface area (Å²) in [6.07, 6.45) is 4.05. The molecule has 3 N–H and O–H groups in total. The zero-order valence-electron chi connectivity index (χ0n) is 13.7. The Hall–Kier alpha value is -0.0800. The number of hydrogen-bond acceptors (Lipinski definition) is 3. The first-order chi connectivity index (χ1) is 9.62. The van der Waals surface area contributed by atoms with E-state index < -0.39 is 0 Å². The molecule has 1 saturated carbocycles. The second-order valence-electron chi connectivity index (χ2n) is 5.73. The molecule has 126 valence electrons. The molecule has 0 aromatic carbocycles. The fourth-order valence-corrected chi connectivity index (χ4v) is 2.55. The second kappa shape index (κ2) is 11.5. The second-order valence-corrected chi connectivity index (χ2v) is 5.73. The Kier molecular flexibility index (Phi) is 11.4. The third-order valence-corrected chi connectivity index (χ3v) is 3.97. The SMILES string of the molecule is CCNC(=NCC1(C)CCCCC1O)NCCOCC.I. The number of hydrogen-bond donors (Lipinski definition) is 3. The van der Waals surface area contributed by atoms with Gasteiger partial charge in [-0.15, -0.1) is 24.0 Å². The molecule has 0 aliphatic heterocycles. The number of halogens is 1. The van der Waals surface area contributed by atoms with E-state index in [9.17, 15) is 5.11 Å². The minimum Gasteiger partial charge on any atom is -0.392 e. The van der Waals surface area contributed by atoms with Gasteiger partial charge in [-0.1, -0.05) is 19.8 Å². The van der Waals surface area contributed by atoms with E-state index >= 15 is 0 Å². The van der Waals surface area contributed by atoms with Crippen molar-refractivity contribution in [2.24, 2.45) is 10.4 Å². The van der Waals surface area contributed by atoms with Crippen molar-refractivity contribution < 1.29 is 9.84 Å². The normalized spacial score (nSPS) is 26.1. The van der Waals surface area contributed by atoms with Crippen LogP contribution >= 0.6 is 24.0 Å². The third-order valence-electron chi connectivity index (χ3n) is 3.97. The molecule has 0 amide bonds. The summed E-state index contributed by atoms with van der Waals surface area (Å²) in [5.41, 5.74) is -0.0828. The lowest BCUT2D eigenvalue weighted by Gasteiger charge is -2.37. The number of aliphatic imine (C=N–C) groups is 1. The first-order valence-corrected chi connectivity index (χ1v) is 7.90. The molecule has 1 aliphatic carbocycles. The Morgan fingerprint density at radius 2 is 2.10 bits per heavy atom. The zero-order chi connectivity index (χ0) is 14.8. The van der Waals surface area contributed by atoms with Gasteiger partial charge in [-0.05, 0) is 26.7 Å². The lowest BCUT2D eigenvalue weighted by atomic mass is 9.73. The topological polar surface area (TPSA) is 65.9 Å². The molecule has 0 heterocycles. The lowest BCUT2D eigenvalue weighted by Crippen LogP contribution is -2.42. The van der Waals surface area contributed by atoms with Crippen molar-refractivity contribution in [1.29, 1.82) is 0 Å². The van der Waals surface area contributed by atoms with Crippen LogP contribution in [0.4, 0.5) is 0 Å². The lowest BCUT2D eigenvalue weighted by molar-refractivity contribution is 0.00716. The van der Waals surface area contributed by atoms with Crippen molar-refractivity contribution in [2.45, 2.75) is 52.6 Å². The highest BCUT2D eigenvalue weighted by molar-refractivity contribution is 14.0. The smallest absolute Gasteiger partial charge is 0.191 e. The van der Waals surface area contributed by atoms with Crippen molar-refractivity contribution in [2.75, 3.05) is 32.8 Å². The molecular formula is C15H32IN3O2. The molecule has 0 bridgehead atoms. The van der Waals surface area contributed by atoms with Crippen LogP contribution in [0.3, 0.4) is 0 Å². The number of ether oxygens (including phenoxy) is 1. The number of aliphatic hydroxyl groups excluding tert-OH is 1. The number of guanidine groups is 1. The van der Waals surface area contributed by atoms with Gasteiger partial charge in [0, 0.05) is 25.1 Å². The van der Waals surface area contributed by atoms with Crippen LogP contribution in [-0.4, -0.2) is 50.0 Å². The van der Waals surface area contributed by atoms with E-state index in [-0.39, 0.29) is 35.5 Å². The molecular weight excluding hydrogens is 381 g/mol. The zero-order valence-corrected chi connectivity index (χ0v) is 16.0. The Balaban J connectivity index is 0.00000400. The van der Waals surface area contributed by atoms with Crippen molar-refractivity contribution in [3.8, 4) is 0 Å². The van der Waals surface area contributed by atoms with Crippen LogP contribution in [0.1, 0.15) is 46.5 Å². The van der Waals surface area contributed by atoms with E-state index in [1.807, 2.05) is 6.92 Å². The van der Waals surface area contributed by atoms with E-state index in [0.717, 1.165) is 44.9 Å². The first-order valence-electron chi connectivity index (χ1n) is 7.90. The Morgan fingerprint density at radius 3 is 2.71 bits per heavy atom. The summed E-state index contributed by atoms with van der Waals surface area (Å²) in [7, 11) is 0. The maximum absolute atomic E-state index is 10.2. The summed E-state index contributed by atoms with van der Waals surface area (Å²) in [6.45, 7) is 9.85. The van der Waals surface area contributed by atoms with Crippen molar-refractivity contribution >= 4 is 29.9 Å². The number of nitrogens with zero attached hydrogens (tertiary/aromatic N) is 1. The predicted octanol–water partition coefficient (Wildman–Crippen LogP) is 2.14. The molecule has 0 radical (unpaired) electrons. The van der Waals surface area contributed by atoms with Crippen LogP contribution in [0, 0.1) is 5.41 Å². The van der Waals surface area contributed by atoms with E-state index in [1.165, 1.54) is 6.42 Å². The fraction of sp³-hybridized carbons (Fsp3) is 0.933. The van der Waals surface area contributed by atoms with E-state index in [2.05, 4.69) is 29.5 Å². The van der Waals surface area contributed by atoms with Crippen LogP contribution in [0.2, 0.25) is 0 Å². The quantitative estimate of drug-likeness (QED) is 0.259. The maximum Gasteiger partial charge on any atom is 0.191 e. The Labute approximate surface area is 146 Å². The Bertz CT molecular complexity index is 303. The van der Waals surface area contributed by atoms with E-state index in [1.54, 1.807) is 0 Å². The van der Waals surface area contributed by atoms with Gasteiger partial charge in [-0.3, -0.25) is 4.99 Å². The predicted molar refractivity (Wildman–Crippen MR) is 98.5 cm³/mol. The van der Waals surface area contributed by atoms with E-state index in [0.29, 0.717) is 13.2 Å². The average Bonchev–Trinajstić information content (AvgIpc) is 2.44. The molecule has 0 spiro atoms. The van der Waals surface area contributed by atoms with Crippen LogP contribution in [0.25, 0.3) is 0 Å². The van der Waals surface area contributed by atoms with Crippen LogP contribution < -0.4 is 10.6 Å². The molecule has 2 atom stereocenters. The molecule has 1 rings (SSSR count). The number of rotatable bonds is 7. The van der Waals surface area contributed by atoms with Gasteiger partial charge in [0.25, 0.3) is 0 Å². The highest BCUT2D eigenvalue weighted by Gasteiger charge is 2.35. The van der Waals surface area contributed by atoms with Gasteiger partial charge < -0.3 is 20.5 Å². The van der Waals surface area contributed by atoms with Crippen LogP contribution in [-0.2, 0) is 4.74 Å². The summed E-state index contributed by atoms with van der Waals surface area (Å²) in [5.74, 6) is 0.811. The van der Waals surface area contributed by atoms with Gasteiger partial charge in [-0.2, -0.15) is 0 Å². The fourth-order valence-electron chi connectivity index (χ4n) is 2.55. The minimum atomic E-state index is -0.230. The molecule has 0 aromatic heterocycles. The number of aliphatic hydroxyl groups is 1. The molecule has 0 saturated heterocycles. The first kappa shape index (κ1) is 20.9. The minimum absolute atomic E-state index is 0. The summed E-state index contributed by atoms with van der Waals surface area (Å²) in [6, 6.07) is 0. The summed E-state index contributed by atoms with van der Waals surface area (Å²) < 4.78 is 5.31. The average molecular weight is 413 g/mol. The molecule has 1 aliphatic rings. The molecule has 0 aromatic rings. The largest absolute Gasteiger partial charge is 0.392 e. The van der Waals surface area contributed by atoms with Gasteiger partial charge in [0.2, 0.25) is 0 Å². The molecule has 21 heavy (non-hydrogen) atoms. The van der Waals surface area contributed by atoms with Crippen LogP contribution in [0.5, 0.6) is 0 Å². The number of nitrogens with one attached hydrogen (secondary N) is 2. The van der Waals surface area contributed by atoms with Gasteiger partial charge in [-0.25, -0.2) is 0 Å². The summed E-state index contributed by atoms with van der Waals surface area (Å²) in [5, 5.41) is 16.7. The summed E-state index contributed by atoms with van der Waals surface area (Å²) >= 11 is 0. The summed E-state index contributed by atoms with van der Waals surface area (Å²) in [4.78, 5) is 4.64. The van der Waals surface area contributed by atoms with Gasteiger partial charge >= 0.3 is 0 Å². The molecule has 2 unspecified atom stereocenters. The Morgan fingerprint density at radius 1 is 1.33 bits per heavy atom. The van der Waals surface area contributed by atoms with Crippen LogP contribution in [0.15, 0.2) is 4.99 Å². The standard InChI is InChI=1S/C15H31N3O2.HI/c1-4-16-14(17-10-11-20-5-2)18-12-15(3)9-7-6-8-13(15)19;/h13,19H,4-12H2,1-3H3,(H2,16,17,18);1H. The van der Waals surface area contributed by atoms with Crippen molar-refractivity contribution in [1.82, 2.24) is 10.6 Å². The highest BCUT2D eigenvalue weighted by atomic mass is 127. The van der Waals surface area contributed by atoms with E-state index in [4.69, 9.17) is 4.74 Å².